The van der Waals surface area contributed by atoms with E-state index < -0.39 is 0 Å². The molecule has 1 fully saturated rings. The molecule has 2 rings (SSSR count). The van der Waals surface area contributed by atoms with Crippen molar-refractivity contribution in [3.8, 4) is 0 Å². The first-order valence-corrected chi connectivity index (χ1v) is 7.37. The molecule has 1 saturated heterocycles. The normalized spacial score (nSPS) is 16.1. The van der Waals surface area contributed by atoms with Gasteiger partial charge < -0.3 is 15.4 Å². The number of anilines is 2. The fourth-order valence-corrected chi connectivity index (χ4v) is 2.20. The molecule has 0 spiro atoms. The van der Waals surface area contributed by atoms with E-state index in [0.29, 0.717) is 19.1 Å². The van der Waals surface area contributed by atoms with Crippen LogP contribution in [0.1, 0.15) is 26.7 Å². The summed E-state index contributed by atoms with van der Waals surface area (Å²) < 4.78 is 5.27. The smallest absolute Gasteiger partial charge is 0.227 e. The van der Waals surface area contributed by atoms with Gasteiger partial charge in [0.15, 0.2) is 0 Å². The molecular weight excluding hydrogens is 252 g/mol. The Labute approximate surface area is 120 Å². The van der Waals surface area contributed by atoms with Crippen LogP contribution in [0.2, 0.25) is 0 Å². The zero-order valence-corrected chi connectivity index (χ0v) is 12.3. The lowest BCUT2D eigenvalue weighted by molar-refractivity contribution is -0.122. The van der Waals surface area contributed by atoms with Crippen LogP contribution in [-0.4, -0.2) is 25.7 Å². The predicted octanol–water partition coefficient (Wildman–Crippen LogP) is 3.12. The first-order chi connectivity index (χ1) is 9.65. The number of carbonyl (C=O) groups is 1. The van der Waals surface area contributed by atoms with E-state index in [4.69, 9.17) is 4.74 Å². The van der Waals surface area contributed by atoms with Gasteiger partial charge in [0.05, 0.1) is 0 Å². The summed E-state index contributed by atoms with van der Waals surface area (Å²) in [5, 5.41) is 6.34. The van der Waals surface area contributed by atoms with Crippen LogP contribution < -0.4 is 10.6 Å². The lowest BCUT2D eigenvalue weighted by Gasteiger charge is -2.21. The number of benzene rings is 1. The Morgan fingerprint density at radius 3 is 2.40 bits per heavy atom. The van der Waals surface area contributed by atoms with E-state index in [1.165, 1.54) is 0 Å². The molecule has 4 heteroatoms. The van der Waals surface area contributed by atoms with Crippen LogP contribution in [0.3, 0.4) is 0 Å². The Hall–Kier alpha value is -1.55. The minimum absolute atomic E-state index is 0.0856. The molecular formula is C16H24N2O2. The van der Waals surface area contributed by atoms with E-state index in [1.807, 2.05) is 24.3 Å². The maximum atomic E-state index is 12.1. The van der Waals surface area contributed by atoms with Gasteiger partial charge in [0, 0.05) is 37.1 Å². The summed E-state index contributed by atoms with van der Waals surface area (Å²) in [4.78, 5) is 12.1. The van der Waals surface area contributed by atoms with Crippen molar-refractivity contribution in [3.05, 3.63) is 24.3 Å². The van der Waals surface area contributed by atoms with Crippen LogP contribution in [0.15, 0.2) is 24.3 Å². The third kappa shape index (κ3) is 4.53. The summed E-state index contributed by atoms with van der Waals surface area (Å²) >= 11 is 0. The Balaban J connectivity index is 1.84. The van der Waals surface area contributed by atoms with Crippen LogP contribution in [0.4, 0.5) is 11.4 Å². The van der Waals surface area contributed by atoms with Gasteiger partial charge in [-0.25, -0.2) is 0 Å². The lowest BCUT2D eigenvalue weighted by atomic mass is 9.99. The largest absolute Gasteiger partial charge is 0.385 e. The van der Waals surface area contributed by atoms with Crippen molar-refractivity contribution in [1.29, 1.82) is 0 Å². The molecule has 1 aliphatic rings. The number of amides is 1. The van der Waals surface area contributed by atoms with Gasteiger partial charge in [0.25, 0.3) is 0 Å². The van der Waals surface area contributed by atoms with Crippen LogP contribution in [0.25, 0.3) is 0 Å². The molecule has 0 radical (unpaired) electrons. The average molecular weight is 276 g/mol. The maximum Gasteiger partial charge on any atom is 0.227 e. The van der Waals surface area contributed by atoms with Gasteiger partial charge in [-0.2, -0.15) is 0 Å². The lowest BCUT2D eigenvalue weighted by Crippen LogP contribution is -2.28. The van der Waals surface area contributed by atoms with E-state index in [-0.39, 0.29) is 11.8 Å². The molecule has 0 bridgehead atoms. The molecule has 4 nitrogen and oxygen atoms in total. The first-order valence-electron chi connectivity index (χ1n) is 7.37. The molecule has 2 N–H and O–H groups in total. The van der Waals surface area contributed by atoms with Crippen LogP contribution >= 0.6 is 0 Å². The number of rotatable bonds is 5. The van der Waals surface area contributed by atoms with Gasteiger partial charge in [0.1, 0.15) is 0 Å². The number of ether oxygens (including phenoxy) is 1. The molecule has 0 unspecified atom stereocenters. The van der Waals surface area contributed by atoms with Crippen molar-refractivity contribution in [1.82, 2.24) is 0 Å². The van der Waals surface area contributed by atoms with Gasteiger partial charge >= 0.3 is 0 Å². The minimum atomic E-state index is 0.0856. The number of hydrogen-bond donors (Lipinski definition) is 2. The Bertz CT molecular complexity index is 423. The summed E-state index contributed by atoms with van der Waals surface area (Å²) in [6.07, 6.45) is 1.64. The molecule has 20 heavy (non-hydrogen) atoms. The third-order valence-electron chi connectivity index (χ3n) is 3.46. The molecule has 0 aromatic heterocycles. The highest BCUT2D eigenvalue weighted by atomic mass is 16.5. The van der Waals surface area contributed by atoms with Crippen molar-refractivity contribution < 1.29 is 9.53 Å². The molecule has 1 aromatic carbocycles. The second-order valence-corrected chi connectivity index (χ2v) is 5.73. The second-order valence-electron chi connectivity index (χ2n) is 5.73. The third-order valence-corrected chi connectivity index (χ3v) is 3.46. The summed E-state index contributed by atoms with van der Waals surface area (Å²) in [5.74, 6) is 0.807. The van der Waals surface area contributed by atoms with Crippen LogP contribution in [-0.2, 0) is 9.53 Å². The minimum Gasteiger partial charge on any atom is -0.385 e. The van der Waals surface area contributed by atoms with E-state index in [9.17, 15) is 4.79 Å². The standard InChI is InChI=1S/C16H24N2O2/c1-12(2)11-17-14-3-5-15(6-4-14)18-16(19)13-7-9-20-10-8-13/h3-6,12-13,17H,7-11H2,1-2H3,(H,18,19). The van der Waals surface area contributed by atoms with Gasteiger partial charge in [-0.15, -0.1) is 0 Å². The van der Waals surface area contributed by atoms with Crippen molar-refractivity contribution in [2.24, 2.45) is 11.8 Å². The zero-order valence-electron chi connectivity index (χ0n) is 12.3. The topological polar surface area (TPSA) is 50.4 Å². The van der Waals surface area contributed by atoms with E-state index >= 15 is 0 Å². The molecule has 110 valence electrons. The van der Waals surface area contributed by atoms with Crippen molar-refractivity contribution in [3.63, 3.8) is 0 Å². The maximum absolute atomic E-state index is 12.1. The van der Waals surface area contributed by atoms with Gasteiger partial charge in [-0.05, 0) is 43.0 Å². The number of carbonyl (C=O) groups excluding carboxylic acids is 1. The van der Waals surface area contributed by atoms with E-state index in [2.05, 4.69) is 24.5 Å². The van der Waals surface area contributed by atoms with Gasteiger partial charge in [-0.1, -0.05) is 13.8 Å². The molecule has 1 aromatic rings. The molecule has 0 aliphatic carbocycles. The Morgan fingerprint density at radius 1 is 1.20 bits per heavy atom. The average Bonchev–Trinajstić information content (AvgIpc) is 2.47. The van der Waals surface area contributed by atoms with E-state index in [1.54, 1.807) is 0 Å². The summed E-state index contributed by atoms with van der Waals surface area (Å²) in [6, 6.07) is 7.89. The highest BCUT2D eigenvalue weighted by Gasteiger charge is 2.21. The molecule has 1 amide bonds. The zero-order chi connectivity index (χ0) is 14.4. The SMILES string of the molecule is CC(C)CNc1ccc(NC(=O)C2CCOCC2)cc1. The van der Waals surface area contributed by atoms with Crippen molar-refractivity contribution in [2.75, 3.05) is 30.4 Å². The quantitative estimate of drug-likeness (QED) is 0.868. The molecule has 1 aliphatic heterocycles. The summed E-state index contributed by atoms with van der Waals surface area (Å²) in [7, 11) is 0. The number of nitrogens with one attached hydrogen (secondary N) is 2. The Morgan fingerprint density at radius 2 is 1.80 bits per heavy atom. The fourth-order valence-electron chi connectivity index (χ4n) is 2.20. The number of hydrogen-bond acceptors (Lipinski definition) is 3. The van der Waals surface area contributed by atoms with Gasteiger partial charge in [0.2, 0.25) is 5.91 Å². The molecule has 0 atom stereocenters. The molecule has 0 saturated carbocycles. The van der Waals surface area contributed by atoms with Crippen molar-refractivity contribution >= 4 is 17.3 Å². The highest BCUT2D eigenvalue weighted by Crippen LogP contribution is 2.19. The fraction of sp³-hybridized carbons (Fsp3) is 0.562. The summed E-state index contributed by atoms with van der Waals surface area (Å²) in [5.41, 5.74) is 1.94. The molecule has 1 heterocycles. The Kier molecular flexibility index (Phi) is 5.41. The highest BCUT2D eigenvalue weighted by molar-refractivity contribution is 5.92. The van der Waals surface area contributed by atoms with E-state index in [0.717, 1.165) is 30.8 Å². The van der Waals surface area contributed by atoms with Crippen LogP contribution in [0.5, 0.6) is 0 Å². The monoisotopic (exact) mass is 276 g/mol. The van der Waals surface area contributed by atoms with Crippen molar-refractivity contribution in [2.45, 2.75) is 26.7 Å². The summed E-state index contributed by atoms with van der Waals surface area (Å²) in [6.45, 7) is 6.69. The van der Waals surface area contributed by atoms with Gasteiger partial charge in [-0.3, -0.25) is 4.79 Å². The predicted molar refractivity (Wildman–Crippen MR) is 81.9 cm³/mol. The second kappa shape index (κ2) is 7.29. The van der Waals surface area contributed by atoms with Crippen LogP contribution in [0, 0.1) is 11.8 Å². The first kappa shape index (κ1) is 14.9.